The summed E-state index contributed by atoms with van der Waals surface area (Å²) >= 11 is 0. The van der Waals surface area contributed by atoms with Crippen LogP contribution in [0.5, 0.6) is 0 Å². The summed E-state index contributed by atoms with van der Waals surface area (Å²) in [4.78, 5) is 26.5. The number of H-pyrrole nitrogens is 1. The third-order valence-corrected chi connectivity index (χ3v) is 6.86. The summed E-state index contributed by atoms with van der Waals surface area (Å²) in [5.41, 5.74) is 4.07. The quantitative estimate of drug-likeness (QED) is 0.373. The molecule has 1 saturated heterocycles. The summed E-state index contributed by atoms with van der Waals surface area (Å²) in [5.74, 6) is 0.957. The molecule has 2 aromatic carbocycles. The van der Waals surface area contributed by atoms with Crippen LogP contribution in [0.2, 0.25) is 0 Å². The molecule has 7 nitrogen and oxygen atoms in total. The van der Waals surface area contributed by atoms with Crippen molar-refractivity contribution >= 4 is 22.6 Å². The number of benzene rings is 2. The number of carbonyl (C=O) groups is 1. The van der Waals surface area contributed by atoms with Gasteiger partial charge >= 0.3 is 0 Å². The highest BCUT2D eigenvalue weighted by atomic mass is 16.1. The monoisotopic (exact) mass is 478 g/mol. The number of aromatic amines is 1. The van der Waals surface area contributed by atoms with E-state index in [2.05, 4.69) is 33.2 Å². The number of hydrogen-bond acceptors (Lipinski definition) is 6. The van der Waals surface area contributed by atoms with Gasteiger partial charge in [0.1, 0.15) is 11.5 Å². The van der Waals surface area contributed by atoms with Crippen molar-refractivity contribution in [2.24, 2.45) is 0 Å². The molecule has 3 heterocycles. The predicted octanol–water partition coefficient (Wildman–Crippen LogP) is 3.94. The number of nitrogens with one attached hydrogen (secondary N) is 2. The van der Waals surface area contributed by atoms with E-state index in [1.165, 1.54) is 0 Å². The van der Waals surface area contributed by atoms with Crippen molar-refractivity contribution in [1.82, 2.24) is 20.2 Å². The van der Waals surface area contributed by atoms with E-state index in [9.17, 15) is 4.79 Å². The van der Waals surface area contributed by atoms with Crippen LogP contribution in [0.3, 0.4) is 0 Å². The smallest absolute Gasteiger partial charge is 0.186 e. The minimum atomic E-state index is -0.471. The largest absolute Gasteiger partial charge is 0.354 e. The van der Waals surface area contributed by atoms with Gasteiger partial charge < -0.3 is 20.1 Å². The Hall–Kier alpha value is -3.99. The van der Waals surface area contributed by atoms with Gasteiger partial charge in [0.2, 0.25) is 0 Å². The first-order valence-electron chi connectivity index (χ1n) is 12.4. The Morgan fingerprint density at radius 3 is 2.53 bits per heavy atom. The van der Waals surface area contributed by atoms with E-state index in [1.807, 2.05) is 66.7 Å². The Labute approximate surface area is 211 Å². The zero-order chi connectivity index (χ0) is 24.9. The van der Waals surface area contributed by atoms with Crippen LogP contribution in [0.15, 0.2) is 72.9 Å². The molecule has 0 amide bonds. The Morgan fingerprint density at radius 1 is 1.06 bits per heavy atom. The van der Waals surface area contributed by atoms with Crippen LogP contribution in [0, 0.1) is 11.3 Å². The van der Waals surface area contributed by atoms with Crippen molar-refractivity contribution in [2.45, 2.75) is 12.5 Å². The summed E-state index contributed by atoms with van der Waals surface area (Å²) < 4.78 is 0. The topological polar surface area (TPSA) is 88.0 Å². The number of ketones is 1. The summed E-state index contributed by atoms with van der Waals surface area (Å²) in [5, 5.41) is 13.3. The molecule has 5 rings (SSSR count). The fourth-order valence-corrected chi connectivity index (χ4v) is 4.68. The van der Waals surface area contributed by atoms with E-state index in [-0.39, 0.29) is 5.78 Å². The van der Waals surface area contributed by atoms with Crippen molar-refractivity contribution in [3.63, 3.8) is 0 Å². The van der Waals surface area contributed by atoms with Gasteiger partial charge in [-0.1, -0.05) is 42.5 Å². The van der Waals surface area contributed by atoms with Crippen molar-refractivity contribution in [3.05, 3.63) is 95.2 Å². The van der Waals surface area contributed by atoms with Gasteiger partial charge in [-0.2, -0.15) is 5.26 Å². The Morgan fingerprint density at radius 2 is 1.81 bits per heavy atom. The molecular weight excluding hydrogens is 448 g/mol. The maximum Gasteiger partial charge on any atom is 0.186 e. The summed E-state index contributed by atoms with van der Waals surface area (Å²) in [6, 6.07) is 23.1. The molecule has 0 aliphatic carbocycles. The van der Waals surface area contributed by atoms with Gasteiger partial charge in [0, 0.05) is 49.9 Å². The number of nitrogens with zero attached hydrogens (tertiary/aromatic N) is 4. The van der Waals surface area contributed by atoms with Gasteiger partial charge in [0.05, 0.1) is 17.7 Å². The third kappa shape index (κ3) is 5.15. The number of rotatable bonds is 8. The number of aromatic nitrogens is 2. The molecule has 0 radical (unpaired) electrons. The molecule has 1 atom stereocenters. The summed E-state index contributed by atoms with van der Waals surface area (Å²) in [6.45, 7) is 4.55. The van der Waals surface area contributed by atoms with Crippen LogP contribution in [0.4, 0.5) is 5.82 Å². The van der Waals surface area contributed by atoms with Crippen LogP contribution in [0.25, 0.3) is 11.0 Å². The van der Waals surface area contributed by atoms with E-state index < -0.39 is 6.04 Å². The molecule has 0 bridgehead atoms. The third-order valence-electron chi connectivity index (χ3n) is 6.86. The molecule has 4 aromatic rings. The van der Waals surface area contributed by atoms with Crippen molar-refractivity contribution < 1.29 is 4.79 Å². The van der Waals surface area contributed by atoms with Crippen molar-refractivity contribution in [1.29, 1.82) is 5.26 Å². The molecule has 7 heteroatoms. The highest BCUT2D eigenvalue weighted by Gasteiger charge is 2.25. The second-order valence-electron chi connectivity index (χ2n) is 9.28. The van der Waals surface area contributed by atoms with E-state index in [0.29, 0.717) is 17.7 Å². The lowest BCUT2D eigenvalue weighted by Crippen LogP contribution is -2.44. The highest BCUT2D eigenvalue weighted by molar-refractivity contribution is 6.10. The first-order chi connectivity index (χ1) is 17.6. The number of Topliss-reactive ketones (excluding diaryl/α,β-unsaturated/α-hetero) is 1. The molecule has 0 spiro atoms. The lowest BCUT2D eigenvalue weighted by Gasteiger charge is -2.33. The van der Waals surface area contributed by atoms with Crippen LogP contribution < -0.4 is 10.2 Å². The maximum atomic E-state index is 13.8. The average Bonchev–Trinajstić information content (AvgIpc) is 3.35. The van der Waals surface area contributed by atoms with Gasteiger partial charge in [0.25, 0.3) is 0 Å². The maximum absolute atomic E-state index is 13.8. The first kappa shape index (κ1) is 23.7. The van der Waals surface area contributed by atoms with Crippen molar-refractivity contribution in [2.75, 3.05) is 44.7 Å². The minimum absolute atomic E-state index is 0.0152. The second-order valence-corrected chi connectivity index (χ2v) is 9.28. The number of anilines is 1. The Balaban J connectivity index is 1.35. The number of fused-ring (bicyclic) bond motifs is 1. The molecule has 2 N–H and O–H groups in total. The van der Waals surface area contributed by atoms with E-state index in [4.69, 9.17) is 10.2 Å². The molecule has 1 aliphatic rings. The second kappa shape index (κ2) is 10.7. The minimum Gasteiger partial charge on any atom is -0.354 e. The number of hydrogen-bond donors (Lipinski definition) is 2. The van der Waals surface area contributed by atoms with E-state index in [1.54, 1.807) is 6.20 Å². The molecule has 36 heavy (non-hydrogen) atoms. The molecule has 0 saturated carbocycles. The molecular formula is C29H30N6O. The molecule has 1 fully saturated rings. The van der Waals surface area contributed by atoms with Gasteiger partial charge in [-0.3, -0.25) is 4.79 Å². The van der Waals surface area contributed by atoms with Gasteiger partial charge in [-0.25, -0.2) is 4.98 Å². The average molecular weight is 479 g/mol. The lowest BCUT2D eigenvalue weighted by atomic mass is 9.97. The van der Waals surface area contributed by atoms with E-state index in [0.717, 1.165) is 60.6 Å². The highest BCUT2D eigenvalue weighted by Crippen LogP contribution is 2.26. The SMILES string of the molecule is CN1CCN(c2ccc3c(C(=O)[C@H](NCCc4ccc(C#N)cc4)c4ccccc4)c[nH]c3n2)CC1. The van der Waals surface area contributed by atoms with Crippen LogP contribution in [-0.2, 0) is 6.42 Å². The normalized spacial score (nSPS) is 15.1. The van der Waals surface area contributed by atoms with Gasteiger partial charge in [-0.15, -0.1) is 0 Å². The first-order valence-corrected chi connectivity index (χ1v) is 12.4. The number of pyridine rings is 1. The Kier molecular flexibility index (Phi) is 7.08. The van der Waals surface area contributed by atoms with E-state index >= 15 is 0 Å². The van der Waals surface area contributed by atoms with Crippen LogP contribution in [0.1, 0.15) is 33.1 Å². The zero-order valence-corrected chi connectivity index (χ0v) is 20.4. The number of piperazine rings is 1. The zero-order valence-electron chi connectivity index (χ0n) is 20.4. The molecule has 0 unspecified atom stereocenters. The van der Waals surface area contributed by atoms with Crippen LogP contribution >= 0.6 is 0 Å². The Bertz CT molecular complexity index is 1360. The summed E-state index contributed by atoms with van der Waals surface area (Å²) in [7, 11) is 2.14. The lowest BCUT2D eigenvalue weighted by molar-refractivity contribution is 0.0945. The van der Waals surface area contributed by atoms with Crippen LogP contribution in [-0.4, -0.2) is 60.4 Å². The molecule has 182 valence electrons. The fourth-order valence-electron chi connectivity index (χ4n) is 4.68. The number of likely N-dealkylation sites (N-methyl/N-ethyl adjacent to an activating group) is 1. The number of nitriles is 1. The summed E-state index contributed by atoms with van der Waals surface area (Å²) in [6.07, 6.45) is 2.54. The van der Waals surface area contributed by atoms with Gasteiger partial charge in [-0.05, 0) is 48.9 Å². The molecule has 1 aliphatic heterocycles. The van der Waals surface area contributed by atoms with Gasteiger partial charge in [0.15, 0.2) is 5.78 Å². The molecule has 2 aromatic heterocycles. The van der Waals surface area contributed by atoms with Crippen molar-refractivity contribution in [3.8, 4) is 6.07 Å². The standard InChI is InChI=1S/C29H30N6O/c1-34-15-17-35(18-16-34)26-12-11-24-25(20-32-29(24)33-26)28(36)27(23-5-3-2-4-6-23)31-14-13-21-7-9-22(19-30)10-8-21/h2-12,20,27,31H,13-18H2,1H3,(H,32,33)/t27-/m1/s1. The fraction of sp³-hybridized carbons (Fsp3) is 0.276. The number of carbonyl (C=O) groups excluding carboxylic acids is 1. The predicted molar refractivity (Wildman–Crippen MR) is 142 cm³/mol.